The quantitative estimate of drug-likeness (QED) is 0.851. The average molecular weight is 248 g/mol. The average Bonchev–Trinajstić information content (AvgIpc) is 2.26. The van der Waals surface area contributed by atoms with Gasteiger partial charge in [-0.2, -0.15) is 0 Å². The fourth-order valence-corrected chi connectivity index (χ4v) is 2.59. The molecule has 0 spiro atoms. The summed E-state index contributed by atoms with van der Waals surface area (Å²) in [6.07, 6.45) is 3.94. The lowest BCUT2D eigenvalue weighted by molar-refractivity contribution is 0.265. The summed E-state index contributed by atoms with van der Waals surface area (Å²) >= 11 is 0. The largest absolute Gasteiger partial charge is 0.324 e. The van der Waals surface area contributed by atoms with Crippen LogP contribution >= 0.6 is 12.4 Å². The van der Waals surface area contributed by atoms with Gasteiger partial charge >= 0.3 is 0 Å². The molecule has 0 bridgehead atoms. The van der Waals surface area contributed by atoms with Crippen LogP contribution < -0.4 is 5.73 Å². The van der Waals surface area contributed by atoms with E-state index in [1.165, 1.54) is 35.6 Å². The van der Waals surface area contributed by atoms with E-state index in [1.807, 2.05) is 0 Å². The Kier molecular flexibility index (Phi) is 3.70. The highest BCUT2D eigenvalue weighted by atomic mass is 35.5. The summed E-state index contributed by atoms with van der Waals surface area (Å²) in [5.41, 5.74) is 7.69. The van der Waals surface area contributed by atoms with E-state index in [1.54, 1.807) is 0 Å². The second-order valence-corrected chi connectivity index (χ2v) is 4.79. The van der Waals surface area contributed by atoms with Gasteiger partial charge in [0, 0.05) is 6.04 Å². The Morgan fingerprint density at radius 3 is 2.41 bits per heavy atom. The van der Waals surface area contributed by atoms with E-state index >= 15 is 0 Å². The number of hydrogen-bond acceptors (Lipinski definition) is 1. The first kappa shape index (κ1) is 12.4. The first-order valence-corrected chi connectivity index (χ1v) is 6.09. The minimum absolute atomic E-state index is 0. The van der Waals surface area contributed by atoms with Gasteiger partial charge in [0.05, 0.1) is 0 Å². The van der Waals surface area contributed by atoms with Crippen molar-refractivity contribution < 1.29 is 0 Å². The maximum atomic E-state index is 6.37. The third-order valence-electron chi connectivity index (χ3n) is 3.84. The zero-order valence-electron chi connectivity index (χ0n) is 9.80. The third-order valence-corrected chi connectivity index (χ3v) is 3.84. The lowest BCUT2D eigenvalue weighted by Crippen LogP contribution is -2.26. The Hall–Kier alpha value is -1.05. The van der Waals surface area contributed by atoms with Crippen LogP contribution in [0.5, 0.6) is 0 Å². The van der Waals surface area contributed by atoms with Crippen LogP contribution in [-0.4, -0.2) is 0 Å². The van der Waals surface area contributed by atoms with Crippen LogP contribution in [0, 0.1) is 5.92 Å². The van der Waals surface area contributed by atoms with Crippen LogP contribution in [-0.2, 0) is 0 Å². The highest BCUT2D eigenvalue weighted by Gasteiger charge is 2.26. The molecule has 17 heavy (non-hydrogen) atoms. The van der Waals surface area contributed by atoms with Crippen molar-refractivity contribution >= 4 is 23.2 Å². The van der Waals surface area contributed by atoms with Gasteiger partial charge in [-0.25, -0.2) is 0 Å². The van der Waals surface area contributed by atoms with Gasteiger partial charge in [0.1, 0.15) is 0 Å². The van der Waals surface area contributed by atoms with Crippen LogP contribution in [0.3, 0.4) is 0 Å². The van der Waals surface area contributed by atoms with E-state index in [-0.39, 0.29) is 18.4 Å². The number of fused-ring (bicyclic) bond motifs is 1. The van der Waals surface area contributed by atoms with Crippen molar-refractivity contribution in [3.63, 3.8) is 0 Å². The molecule has 0 radical (unpaired) electrons. The molecule has 1 fully saturated rings. The summed E-state index contributed by atoms with van der Waals surface area (Å²) in [6.45, 7) is 0. The lowest BCUT2D eigenvalue weighted by atomic mass is 9.77. The Bertz CT molecular complexity index is 500. The number of hydrogen-bond donors (Lipinski definition) is 1. The van der Waals surface area contributed by atoms with Crippen molar-refractivity contribution in [2.45, 2.75) is 25.3 Å². The van der Waals surface area contributed by atoms with Gasteiger partial charge in [0.15, 0.2) is 0 Å². The number of rotatable bonds is 2. The monoisotopic (exact) mass is 247 g/mol. The van der Waals surface area contributed by atoms with Crippen LogP contribution in [0.2, 0.25) is 0 Å². The van der Waals surface area contributed by atoms with Gasteiger partial charge in [-0.1, -0.05) is 48.9 Å². The van der Waals surface area contributed by atoms with E-state index in [9.17, 15) is 0 Å². The van der Waals surface area contributed by atoms with Crippen LogP contribution in [0.1, 0.15) is 30.9 Å². The summed E-state index contributed by atoms with van der Waals surface area (Å²) in [5.74, 6) is 0.700. The van der Waals surface area contributed by atoms with Crippen molar-refractivity contribution in [1.29, 1.82) is 0 Å². The summed E-state index contributed by atoms with van der Waals surface area (Å²) in [4.78, 5) is 0. The summed E-state index contributed by atoms with van der Waals surface area (Å²) < 4.78 is 0. The maximum Gasteiger partial charge on any atom is 0.0329 e. The third kappa shape index (κ3) is 2.18. The Morgan fingerprint density at radius 2 is 1.71 bits per heavy atom. The van der Waals surface area contributed by atoms with E-state index in [2.05, 4.69) is 42.5 Å². The van der Waals surface area contributed by atoms with E-state index < -0.39 is 0 Å². The van der Waals surface area contributed by atoms with Gasteiger partial charge in [-0.05, 0) is 35.1 Å². The molecule has 0 heterocycles. The molecular weight excluding hydrogens is 230 g/mol. The van der Waals surface area contributed by atoms with Crippen LogP contribution in [0.15, 0.2) is 42.5 Å². The van der Waals surface area contributed by atoms with Crippen molar-refractivity contribution in [2.24, 2.45) is 11.7 Å². The molecule has 1 saturated carbocycles. The van der Waals surface area contributed by atoms with Gasteiger partial charge in [0.2, 0.25) is 0 Å². The van der Waals surface area contributed by atoms with Gasteiger partial charge in [-0.3, -0.25) is 0 Å². The zero-order valence-corrected chi connectivity index (χ0v) is 10.6. The van der Waals surface area contributed by atoms with Crippen LogP contribution in [0.4, 0.5) is 0 Å². The highest BCUT2D eigenvalue weighted by molar-refractivity contribution is 5.86. The molecule has 90 valence electrons. The smallest absolute Gasteiger partial charge is 0.0329 e. The maximum absolute atomic E-state index is 6.37. The van der Waals surface area contributed by atoms with Crippen LogP contribution in [0.25, 0.3) is 10.8 Å². The molecule has 2 aromatic carbocycles. The van der Waals surface area contributed by atoms with Gasteiger partial charge in [0.25, 0.3) is 0 Å². The molecule has 0 amide bonds. The second-order valence-electron chi connectivity index (χ2n) is 4.79. The van der Waals surface area contributed by atoms with E-state index in [0.717, 1.165) is 0 Å². The first-order valence-electron chi connectivity index (χ1n) is 6.09. The van der Waals surface area contributed by atoms with Crippen molar-refractivity contribution in [3.8, 4) is 0 Å². The lowest BCUT2D eigenvalue weighted by Gasteiger charge is -2.32. The topological polar surface area (TPSA) is 26.0 Å². The Labute approximate surface area is 108 Å². The summed E-state index contributed by atoms with van der Waals surface area (Å²) in [5, 5.41) is 2.62. The molecule has 0 aromatic heterocycles. The molecule has 2 heteroatoms. The molecule has 3 rings (SSSR count). The molecule has 2 N–H and O–H groups in total. The van der Waals surface area contributed by atoms with Gasteiger partial charge < -0.3 is 5.73 Å². The molecule has 1 aliphatic carbocycles. The minimum Gasteiger partial charge on any atom is -0.324 e. The van der Waals surface area contributed by atoms with Crippen molar-refractivity contribution in [1.82, 2.24) is 0 Å². The standard InChI is InChI=1S/C15H17N.ClH/c16-15(12-7-3-8-12)14-10-4-6-11-5-1-2-9-13(11)14;/h1-2,4-6,9-10,12,15H,3,7-8,16H2;1H. The van der Waals surface area contributed by atoms with Crippen molar-refractivity contribution in [2.75, 3.05) is 0 Å². The molecule has 0 aliphatic heterocycles. The normalized spacial score (nSPS) is 17.2. The van der Waals surface area contributed by atoms with Crippen molar-refractivity contribution in [3.05, 3.63) is 48.0 Å². The molecule has 1 nitrogen and oxygen atoms in total. The zero-order chi connectivity index (χ0) is 11.0. The number of nitrogens with two attached hydrogens (primary N) is 1. The van der Waals surface area contributed by atoms with Gasteiger partial charge in [-0.15, -0.1) is 12.4 Å². The van der Waals surface area contributed by atoms with E-state index in [0.29, 0.717) is 5.92 Å². The molecule has 2 aromatic rings. The van der Waals surface area contributed by atoms with E-state index in [4.69, 9.17) is 5.73 Å². The highest BCUT2D eigenvalue weighted by Crippen LogP contribution is 2.38. The second kappa shape index (κ2) is 5.07. The predicted molar refractivity (Wildman–Crippen MR) is 75.5 cm³/mol. The molecule has 1 atom stereocenters. The number of benzene rings is 2. The molecule has 1 unspecified atom stereocenters. The molecule has 1 aliphatic rings. The first-order chi connectivity index (χ1) is 7.86. The summed E-state index contributed by atoms with van der Waals surface area (Å²) in [7, 11) is 0. The molecular formula is C15H18ClN. The minimum atomic E-state index is 0. The fraction of sp³-hybridized carbons (Fsp3) is 0.333. The fourth-order valence-electron chi connectivity index (χ4n) is 2.59. The summed E-state index contributed by atoms with van der Waals surface area (Å²) in [6, 6.07) is 15.2. The Balaban J connectivity index is 0.00000108. The Morgan fingerprint density at radius 1 is 1.00 bits per heavy atom. The SMILES string of the molecule is Cl.NC(c1cccc2ccccc12)C1CCC1. The molecule has 0 saturated heterocycles. The predicted octanol–water partition coefficient (Wildman–Crippen LogP) is 4.06. The number of halogens is 1.